The first-order valence-electron chi connectivity index (χ1n) is 6.09. The van der Waals surface area contributed by atoms with E-state index in [0.29, 0.717) is 5.92 Å². The average Bonchev–Trinajstić information content (AvgIpc) is 3.07. The van der Waals surface area contributed by atoms with Crippen LogP contribution in [0.5, 0.6) is 0 Å². The topological polar surface area (TPSA) is 38.0 Å². The maximum absolute atomic E-state index is 10.0. The Labute approximate surface area is 105 Å². The fourth-order valence-electron chi connectivity index (χ4n) is 2.06. The smallest absolute Gasteiger partial charge is 0.0766 e. The summed E-state index contributed by atoms with van der Waals surface area (Å²) in [6, 6.07) is 0. The van der Waals surface area contributed by atoms with Crippen LogP contribution >= 0.6 is 15.9 Å². The van der Waals surface area contributed by atoms with Gasteiger partial charge in [-0.05, 0) is 48.0 Å². The molecule has 0 spiro atoms. The molecule has 1 atom stereocenters. The Morgan fingerprint density at radius 1 is 1.50 bits per heavy atom. The van der Waals surface area contributed by atoms with E-state index in [1.807, 2.05) is 4.68 Å². The van der Waals surface area contributed by atoms with Gasteiger partial charge in [0.15, 0.2) is 0 Å². The molecule has 1 aromatic heterocycles. The maximum atomic E-state index is 10.0. The first-order chi connectivity index (χ1) is 7.67. The van der Waals surface area contributed by atoms with Gasteiger partial charge in [0.1, 0.15) is 0 Å². The summed E-state index contributed by atoms with van der Waals surface area (Å²) in [4.78, 5) is 0. The van der Waals surface area contributed by atoms with E-state index in [-0.39, 0.29) is 6.10 Å². The van der Waals surface area contributed by atoms with Gasteiger partial charge < -0.3 is 5.11 Å². The third-order valence-electron chi connectivity index (χ3n) is 3.26. The van der Waals surface area contributed by atoms with Crippen LogP contribution in [-0.2, 0) is 19.4 Å². The standard InChI is InChI=1S/C12H19BrN2O/c1-3-9-12(13)10(15(4-2)14-9)7-11(16)8-5-6-8/h8,11,16H,3-7H2,1-2H3. The first-order valence-corrected chi connectivity index (χ1v) is 6.88. The number of nitrogens with zero attached hydrogens (tertiary/aromatic N) is 2. The number of aryl methyl sites for hydroxylation is 2. The van der Waals surface area contributed by atoms with Gasteiger partial charge >= 0.3 is 0 Å². The highest BCUT2D eigenvalue weighted by Gasteiger charge is 2.31. The lowest BCUT2D eigenvalue weighted by atomic mass is 10.1. The van der Waals surface area contributed by atoms with E-state index >= 15 is 0 Å². The lowest BCUT2D eigenvalue weighted by molar-refractivity contribution is 0.149. The molecule has 1 N–H and O–H groups in total. The Morgan fingerprint density at radius 3 is 2.69 bits per heavy atom. The lowest BCUT2D eigenvalue weighted by Gasteiger charge is -2.10. The Kier molecular flexibility index (Phi) is 3.70. The summed E-state index contributed by atoms with van der Waals surface area (Å²) >= 11 is 3.61. The monoisotopic (exact) mass is 286 g/mol. The summed E-state index contributed by atoms with van der Waals surface area (Å²) in [5.74, 6) is 0.525. The van der Waals surface area contributed by atoms with E-state index < -0.39 is 0 Å². The second kappa shape index (κ2) is 4.88. The molecule has 0 aliphatic heterocycles. The Hall–Kier alpha value is -0.350. The summed E-state index contributed by atoms with van der Waals surface area (Å²) in [5.41, 5.74) is 2.25. The van der Waals surface area contributed by atoms with Crippen molar-refractivity contribution in [2.75, 3.05) is 0 Å². The molecular weight excluding hydrogens is 268 g/mol. The van der Waals surface area contributed by atoms with Gasteiger partial charge in [-0.1, -0.05) is 6.92 Å². The highest BCUT2D eigenvalue weighted by molar-refractivity contribution is 9.10. The molecule has 16 heavy (non-hydrogen) atoms. The van der Waals surface area contributed by atoms with Gasteiger partial charge in [-0.3, -0.25) is 4.68 Å². The number of rotatable bonds is 5. The maximum Gasteiger partial charge on any atom is 0.0766 e. The minimum atomic E-state index is -0.192. The number of aliphatic hydroxyl groups is 1. The fourth-order valence-corrected chi connectivity index (χ4v) is 2.78. The Bertz CT molecular complexity index is 371. The first kappa shape index (κ1) is 12.1. The summed E-state index contributed by atoms with van der Waals surface area (Å²) in [7, 11) is 0. The predicted molar refractivity (Wildman–Crippen MR) is 67.4 cm³/mol. The van der Waals surface area contributed by atoms with Gasteiger partial charge in [0.25, 0.3) is 0 Å². The van der Waals surface area contributed by atoms with Gasteiger partial charge in [0, 0.05) is 13.0 Å². The van der Waals surface area contributed by atoms with E-state index in [4.69, 9.17) is 0 Å². The van der Waals surface area contributed by atoms with Crippen LogP contribution in [0.2, 0.25) is 0 Å². The van der Waals surface area contributed by atoms with Crippen LogP contribution in [0.4, 0.5) is 0 Å². The van der Waals surface area contributed by atoms with Crippen molar-refractivity contribution in [3.05, 3.63) is 15.9 Å². The minimum Gasteiger partial charge on any atom is -0.392 e. The number of aliphatic hydroxyl groups excluding tert-OH is 1. The zero-order valence-electron chi connectivity index (χ0n) is 9.91. The molecule has 90 valence electrons. The Balaban J connectivity index is 2.19. The van der Waals surface area contributed by atoms with Crippen molar-refractivity contribution in [2.24, 2.45) is 5.92 Å². The van der Waals surface area contributed by atoms with Crippen LogP contribution in [0, 0.1) is 5.92 Å². The summed E-state index contributed by atoms with van der Waals surface area (Å²) in [6.07, 6.45) is 3.83. The van der Waals surface area contributed by atoms with E-state index in [2.05, 4.69) is 34.9 Å². The van der Waals surface area contributed by atoms with Crippen LogP contribution in [-0.4, -0.2) is 21.0 Å². The van der Waals surface area contributed by atoms with E-state index in [0.717, 1.165) is 35.2 Å². The predicted octanol–water partition coefficient (Wildman–Crippen LogP) is 2.54. The van der Waals surface area contributed by atoms with Crippen LogP contribution < -0.4 is 0 Å². The van der Waals surface area contributed by atoms with E-state index in [1.54, 1.807) is 0 Å². The third-order valence-corrected chi connectivity index (χ3v) is 4.18. The highest BCUT2D eigenvalue weighted by atomic mass is 79.9. The second-order valence-corrected chi connectivity index (χ2v) is 5.28. The largest absolute Gasteiger partial charge is 0.392 e. The van der Waals surface area contributed by atoms with Crippen molar-refractivity contribution in [3.63, 3.8) is 0 Å². The molecular formula is C12H19BrN2O. The van der Waals surface area contributed by atoms with Crippen molar-refractivity contribution in [3.8, 4) is 0 Å². The molecule has 1 aromatic rings. The molecule has 0 aromatic carbocycles. The van der Waals surface area contributed by atoms with E-state index in [1.165, 1.54) is 12.8 Å². The summed E-state index contributed by atoms with van der Waals surface area (Å²) in [5, 5.41) is 14.5. The third kappa shape index (κ3) is 2.33. The van der Waals surface area contributed by atoms with Crippen LogP contribution in [0.15, 0.2) is 4.47 Å². The average molecular weight is 287 g/mol. The molecule has 0 saturated heterocycles. The molecule has 2 rings (SSSR count). The Morgan fingerprint density at radius 2 is 2.19 bits per heavy atom. The molecule has 1 aliphatic carbocycles. The van der Waals surface area contributed by atoms with Crippen molar-refractivity contribution in [1.82, 2.24) is 9.78 Å². The molecule has 3 nitrogen and oxygen atoms in total. The van der Waals surface area contributed by atoms with Crippen molar-refractivity contribution >= 4 is 15.9 Å². The van der Waals surface area contributed by atoms with Crippen LogP contribution in [0.3, 0.4) is 0 Å². The zero-order chi connectivity index (χ0) is 11.7. The second-order valence-electron chi connectivity index (χ2n) is 4.49. The highest BCUT2D eigenvalue weighted by Crippen LogP contribution is 2.35. The molecule has 4 heteroatoms. The van der Waals surface area contributed by atoms with Crippen molar-refractivity contribution in [1.29, 1.82) is 0 Å². The van der Waals surface area contributed by atoms with Crippen LogP contribution in [0.25, 0.3) is 0 Å². The minimum absolute atomic E-state index is 0.192. The fraction of sp³-hybridized carbons (Fsp3) is 0.750. The SMILES string of the molecule is CCc1nn(CC)c(CC(O)C2CC2)c1Br. The van der Waals surface area contributed by atoms with Gasteiger partial charge in [-0.25, -0.2) is 0 Å². The number of hydrogen-bond acceptors (Lipinski definition) is 2. The number of hydrogen-bond donors (Lipinski definition) is 1. The summed E-state index contributed by atoms with van der Waals surface area (Å²) < 4.78 is 3.10. The van der Waals surface area contributed by atoms with Gasteiger partial charge in [-0.15, -0.1) is 0 Å². The number of halogens is 1. The van der Waals surface area contributed by atoms with Crippen molar-refractivity contribution < 1.29 is 5.11 Å². The quantitative estimate of drug-likeness (QED) is 0.903. The molecule has 1 saturated carbocycles. The lowest BCUT2D eigenvalue weighted by Crippen LogP contribution is -2.16. The molecule has 0 amide bonds. The van der Waals surface area contributed by atoms with E-state index in [9.17, 15) is 5.11 Å². The number of aromatic nitrogens is 2. The molecule has 1 fully saturated rings. The molecule has 1 heterocycles. The van der Waals surface area contributed by atoms with Gasteiger partial charge in [0.05, 0.1) is 22.0 Å². The normalized spacial score (nSPS) is 17.8. The van der Waals surface area contributed by atoms with Gasteiger partial charge in [-0.2, -0.15) is 5.10 Å². The molecule has 0 bridgehead atoms. The van der Waals surface area contributed by atoms with Crippen molar-refractivity contribution in [2.45, 2.75) is 52.2 Å². The van der Waals surface area contributed by atoms with Gasteiger partial charge in [0.2, 0.25) is 0 Å². The summed E-state index contributed by atoms with van der Waals surface area (Å²) in [6.45, 7) is 5.06. The molecule has 1 unspecified atom stereocenters. The molecule has 1 aliphatic rings. The zero-order valence-corrected chi connectivity index (χ0v) is 11.5. The molecule has 0 radical (unpaired) electrons. The van der Waals surface area contributed by atoms with Crippen LogP contribution in [0.1, 0.15) is 38.1 Å².